The lowest BCUT2D eigenvalue weighted by Crippen LogP contribution is -2.29. The van der Waals surface area contributed by atoms with Crippen LogP contribution in [0.1, 0.15) is 34.8 Å². The second kappa shape index (κ2) is 5.57. The first kappa shape index (κ1) is 14.1. The average Bonchev–Trinajstić information content (AvgIpc) is 3.30. The van der Waals surface area contributed by atoms with Crippen molar-refractivity contribution in [3.05, 3.63) is 59.4 Å². The fraction of sp³-hybridized carbons (Fsp3) is 0.278. The summed E-state index contributed by atoms with van der Waals surface area (Å²) >= 11 is 0. The third kappa shape index (κ3) is 2.86. The zero-order valence-electron chi connectivity index (χ0n) is 12.4. The summed E-state index contributed by atoms with van der Waals surface area (Å²) in [7, 11) is 0. The highest BCUT2D eigenvalue weighted by molar-refractivity contribution is 5.95. The Morgan fingerprint density at radius 2 is 1.83 bits per heavy atom. The van der Waals surface area contributed by atoms with Gasteiger partial charge in [0.05, 0.1) is 6.04 Å². The van der Waals surface area contributed by atoms with Gasteiger partial charge in [-0.05, 0) is 54.7 Å². The van der Waals surface area contributed by atoms with Crippen LogP contribution in [-0.2, 0) is 0 Å². The predicted molar refractivity (Wildman–Crippen MR) is 81.9 cm³/mol. The lowest BCUT2D eigenvalue weighted by Gasteiger charge is -2.19. The number of nitrogens with one attached hydrogen (secondary N) is 1. The minimum atomic E-state index is -0.273. The molecule has 1 fully saturated rings. The van der Waals surface area contributed by atoms with Crippen molar-refractivity contribution in [1.82, 2.24) is 5.32 Å². The Hall–Kier alpha value is -2.56. The fourth-order valence-electron chi connectivity index (χ4n) is 2.84. The number of halogens is 1. The fourth-order valence-corrected chi connectivity index (χ4v) is 2.84. The Kier molecular flexibility index (Phi) is 3.41. The van der Waals surface area contributed by atoms with Crippen LogP contribution in [0.25, 0.3) is 0 Å². The van der Waals surface area contributed by atoms with Gasteiger partial charge in [-0.2, -0.15) is 0 Å². The summed E-state index contributed by atoms with van der Waals surface area (Å²) in [6.45, 7) is 0.181. The highest BCUT2D eigenvalue weighted by Crippen LogP contribution is 2.41. The van der Waals surface area contributed by atoms with E-state index in [4.69, 9.17) is 9.47 Å². The van der Waals surface area contributed by atoms with Gasteiger partial charge in [0.25, 0.3) is 5.91 Å². The zero-order valence-corrected chi connectivity index (χ0v) is 12.4. The molecule has 0 saturated heterocycles. The minimum absolute atomic E-state index is 0.0893. The van der Waals surface area contributed by atoms with Gasteiger partial charge in [0.2, 0.25) is 6.79 Å². The molecule has 5 heteroatoms. The number of rotatable bonds is 4. The molecule has 2 aromatic rings. The largest absolute Gasteiger partial charge is 0.454 e. The summed E-state index contributed by atoms with van der Waals surface area (Å²) < 4.78 is 23.7. The molecule has 0 aromatic heterocycles. The van der Waals surface area contributed by atoms with Crippen LogP contribution in [0.2, 0.25) is 0 Å². The van der Waals surface area contributed by atoms with E-state index in [1.54, 1.807) is 30.3 Å². The number of carbonyl (C=O) groups is 1. The number of benzene rings is 2. The van der Waals surface area contributed by atoms with Gasteiger partial charge >= 0.3 is 0 Å². The van der Waals surface area contributed by atoms with Gasteiger partial charge in [0.15, 0.2) is 11.5 Å². The summed E-state index contributed by atoms with van der Waals surface area (Å²) in [5.41, 5.74) is 1.46. The molecule has 1 amide bonds. The van der Waals surface area contributed by atoms with Crippen molar-refractivity contribution in [3.63, 3.8) is 0 Å². The maximum atomic E-state index is 13.1. The second-order valence-electron chi connectivity index (χ2n) is 5.91. The molecule has 0 radical (unpaired) electrons. The second-order valence-corrected chi connectivity index (χ2v) is 5.91. The predicted octanol–water partition coefficient (Wildman–Crippen LogP) is 3.44. The van der Waals surface area contributed by atoms with Crippen molar-refractivity contribution in [2.75, 3.05) is 6.79 Å². The third-order valence-corrected chi connectivity index (χ3v) is 4.24. The van der Waals surface area contributed by atoms with E-state index in [1.807, 2.05) is 0 Å². The van der Waals surface area contributed by atoms with Gasteiger partial charge in [0, 0.05) is 5.56 Å². The Morgan fingerprint density at radius 3 is 2.57 bits per heavy atom. The summed E-state index contributed by atoms with van der Waals surface area (Å²) in [5.74, 6) is 1.22. The van der Waals surface area contributed by atoms with E-state index in [0.717, 1.165) is 18.4 Å². The van der Waals surface area contributed by atoms with Crippen LogP contribution in [0.5, 0.6) is 11.5 Å². The van der Waals surface area contributed by atoms with Crippen molar-refractivity contribution in [3.8, 4) is 11.5 Å². The lowest BCUT2D eigenvalue weighted by atomic mass is 10.0. The molecule has 118 valence electrons. The standard InChI is InChI=1S/C18H16FNO3/c19-14-6-3-12(4-7-14)17(11-1-2-11)20-18(21)13-5-8-15-16(9-13)23-10-22-15/h3-9,11,17H,1-2,10H2,(H,20,21). The van der Waals surface area contributed by atoms with Gasteiger partial charge in [-0.3, -0.25) is 4.79 Å². The molecule has 1 unspecified atom stereocenters. The van der Waals surface area contributed by atoms with Crippen molar-refractivity contribution in [1.29, 1.82) is 0 Å². The van der Waals surface area contributed by atoms with Gasteiger partial charge < -0.3 is 14.8 Å². The maximum absolute atomic E-state index is 13.1. The SMILES string of the molecule is O=C(NC(c1ccc(F)cc1)C1CC1)c1ccc2c(c1)OCO2. The molecule has 0 bridgehead atoms. The molecule has 4 nitrogen and oxygen atoms in total. The molecule has 2 aliphatic rings. The van der Waals surface area contributed by atoms with Crippen molar-refractivity contribution >= 4 is 5.91 Å². The molecule has 1 saturated carbocycles. The molecule has 1 aliphatic carbocycles. The maximum Gasteiger partial charge on any atom is 0.251 e. The number of fused-ring (bicyclic) bond motifs is 1. The Bertz CT molecular complexity index is 740. The van der Waals surface area contributed by atoms with Crippen molar-refractivity contribution < 1.29 is 18.7 Å². The van der Waals surface area contributed by atoms with E-state index in [9.17, 15) is 9.18 Å². The highest BCUT2D eigenvalue weighted by Gasteiger charge is 2.33. The Morgan fingerprint density at radius 1 is 1.09 bits per heavy atom. The van der Waals surface area contributed by atoms with E-state index in [-0.39, 0.29) is 24.6 Å². The molecule has 1 N–H and O–H groups in total. The van der Waals surface area contributed by atoms with E-state index >= 15 is 0 Å². The molecule has 23 heavy (non-hydrogen) atoms. The summed E-state index contributed by atoms with van der Waals surface area (Å²) in [6.07, 6.45) is 2.15. The summed E-state index contributed by atoms with van der Waals surface area (Å²) in [5, 5.41) is 3.06. The van der Waals surface area contributed by atoms with E-state index in [0.29, 0.717) is 23.0 Å². The first-order chi connectivity index (χ1) is 11.2. The first-order valence-electron chi connectivity index (χ1n) is 7.67. The molecule has 4 rings (SSSR count). The monoisotopic (exact) mass is 313 g/mol. The number of ether oxygens (including phenoxy) is 2. The van der Waals surface area contributed by atoms with Crippen LogP contribution in [-0.4, -0.2) is 12.7 Å². The molecule has 1 heterocycles. The highest BCUT2D eigenvalue weighted by atomic mass is 19.1. The zero-order chi connectivity index (χ0) is 15.8. The van der Waals surface area contributed by atoms with Crippen LogP contribution in [0.4, 0.5) is 4.39 Å². The van der Waals surface area contributed by atoms with E-state index in [2.05, 4.69) is 5.32 Å². The quantitative estimate of drug-likeness (QED) is 0.940. The summed E-state index contributed by atoms with van der Waals surface area (Å²) in [4.78, 5) is 12.5. The van der Waals surface area contributed by atoms with Gasteiger partial charge in [-0.1, -0.05) is 12.1 Å². The van der Waals surface area contributed by atoms with Gasteiger partial charge in [-0.15, -0.1) is 0 Å². The Labute approximate surface area is 133 Å². The summed E-state index contributed by atoms with van der Waals surface area (Å²) in [6, 6.07) is 11.4. The van der Waals surface area contributed by atoms with Gasteiger partial charge in [-0.25, -0.2) is 4.39 Å². The number of carbonyl (C=O) groups excluding carboxylic acids is 1. The lowest BCUT2D eigenvalue weighted by molar-refractivity contribution is 0.0931. The van der Waals surface area contributed by atoms with Crippen LogP contribution in [0, 0.1) is 11.7 Å². The van der Waals surface area contributed by atoms with Crippen LogP contribution in [0.3, 0.4) is 0 Å². The van der Waals surface area contributed by atoms with Gasteiger partial charge in [0.1, 0.15) is 5.82 Å². The molecule has 2 aromatic carbocycles. The molecule has 0 spiro atoms. The number of hydrogen-bond acceptors (Lipinski definition) is 3. The molecule has 1 atom stereocenters. The van der Waals surface area contributed by atoms with Crippen LogP contribution in [0.15, 0.2) is 42.5 Å². The average molecular weight is 313 g/mol. The first-order valence-corrected chi connectivity index (χ1v) is 7.67. The minimum Gasteiger partial charge on any atom is -0.454 e. The van der Waals surface area contributed by atoms with Crippen LogP contribution >= 0.6 is 0 Å². The smallest absolute Gasteiger partial charge is 0.251 e. The third-order valence-electron chi connectivity index (χ3n) is 4.24. The van der Waals surface area contributed by atoms with Crippen molar-refractivity contribution in [2.45, 2.75) is 18.9 Å². The molecule has 1 aliphatic heterocycles. The van der Waals surface area contributed by atoms with E-state index in [1.165, 1.54) is 12.1 Å². The Balaban J connectivity index is 1.54. The van der Waals surface area contributed by atoms with E-state index < -0.39 is 0 Å². The topological polar surface area (TPSA) is 47.6 Å². The molecular formula is C18H16FNO3. The van der Waals surface area contributed by atoms with Crippen molar-refractivity contribution in [2.24, 2.45) is 5.92 Å². The normalized spacial score (nSPS) is 16.9. The van der Waals surface area contributed by atoms with Crippen LogP contribution < -0.4 is 14.8 Å². The molecular weight excluding hydrogens is 297 g/mol. The number of amides is 1. The number of hydrogen-bond donors (Lipinski definition) is 1.